The van der Waals surface area contributed by atoms with Gasteiger partial charge in [0.1, 0.15) is 5.82 Å². The highest BCUT2D eigenvalue weighted by atomic mass is 79.9. The van der Waals surface area contributed by atoms with Crippen molar-refractivity contribution in [3.8, 4) is 0 Å². The van der Waals surface area contributed by atoms with Crippen LogP contribution in [0.15, 0.2) is 45.3 Å². The number of amides is 1. The maximum absolute atomic E-state index is 13.1. The van der Waals surface area contributed by atoms with Crippen LogP contribution in [-0.4, -0.2) is 5.91 Å². The zero-order chi connectivity index (χ0) is 14.7. The monoisotopic (exact) mass is 400 g/mol. The molecule has 0 radical (unpaired) electrons. The Morgan fingerprint density at radius 1 is 1.15 bits per heavy atom. The molecule has 0 heterocycles. The lowest BCUT2D eigenvalue weighted by Crippen LogP contribution is -2.23. The Balaban J connectivity index is 2.08. The molecular weight excluding hydrogens is 391 g/mol. The van der Waals surface area contributed by atoms with Gasteiger partial charge in [-0.2, -0.15) is 0 Å². The van der Waals surface area contributed by atoms with E-state index in [1.807, 2.05) is 0 Å². The first-order valence-corrected chi connectivity index (χ1v) is 7.33. The van der Waals surface area contributed by atoms with Crippen LogP contribution in [0.5, 0.6) is 0 Å². The molecule has 6 heteroatoms. The molecule has 0 saturated heterocycles. The first kappa shape index (κ1) is 15.0. The van der Waals surface area contributed by atoms with Crippen molar-refractivity contribution < 1.29 is 9.18 Å². The van der Waals surface area contributed by atoms with Gasteiger partial charge in [-0.1, -0.05) is 15.9 Å². The molecular formula is C14H11Br2FN2O. The third kappa shape index (κ3) is 3.58. The van der Waals surface area contributed by atoms with Gasteiger partial charge in [-0.3, -0.25) is 4.79 Å². The minimum Gasteiger partial charge on any atom is -0.398 e. The predicted octanol–water partition coefficient (Wildman–Crippen LogP) is 3.86. The maximum Gasteiger partial charge on any atom is 0.251 e. The van der Waals surface area contributed by atoms with Crippen LogP contribution in [0.2, 0.25) is 0 Å². The summed E-state index contributed by atoms with van der Waals surface area (Å²) in [5.41, 5.74) is 7.39. The second kappa shape index (κ2) is 6.37. The third-order valence-electron chi connectivity index (χ3n) is 2.71. The molecule has 0 aliphatic heterocycles. The van der Waals surface area contributed by atoms with Gasteiger partial charge in [0, 0.05) is 26.7 Å². The Labute approximate surface area is 132 Å². The number of nitrogens with two attached hydrogens (primary N) is 1. The summed E-state index contributed by atoms with van der Waals surface area (Å²) in [6.07, 6.45) is 0. The smallest absolute Gasteiger partial charge is 0.251 e. The molecule has 0 aliphatic carbocycles. The Morgan fingerprint density at radius 2 is 1.90 bits per heavy atom. The summed E-state index contributed by atoms with van der Waals surface area (Å²) in [7, 11) is 0. The van der Waals surface area contributed by atoms with Gasteiger partial charge < -0.3 is 11.1 Å². The molecule has 3 N–H and O–H groups in total. The fraction of sp³-hybridized carbons (Fsp3) is 0.0714. The first-order valence-electron chi connectivity index (χ1n) is 5.74. The van der Waals surface area contributed by atoms with E-state index in [1.54, 1.807) is 24.3 Å². The number of anilines is 1. The van der Waals surface area contributed by atoms with Crippen molar-refractivity contribution in [3.05, 3.63) is 62.3 Å². The van der Waals surface area contributed by atoms with Crippen LogP contribution in [0.25, 0.3) is 0 Å². The number of halogens is 3. The molecule has 0 fully saturated rings. The summed E-state index contributed by atoms with van der Waals surface area (Å²) in [6, 6.07) is 9.27. The van der Waals surface area contributed by atoms with Crippen LogP contribution in [0.4, 0.5) is 10.1 Å². The Hall–Kier alpha value is -1.40. The number of hydrogen-bond acceptors (Lipinski definition) is 2. The molecule has 0 saturated carbocycles. The number of hydrogen-bond donors (Lipinski definition) is 2. The summed E-state index contributed by atoms with van der Waals surface area (Å²) >= 11 is 6.59. The van der Waals surface area contributed by atoms with E-state index in [9.17, 15) is 9.18 Å². The lowest BCUT2D eigenvalue weighted by atomic mass is 10.2. The van der Waals surface area contributed by atoms with Gasteiger partial charge in [-0.05, 0) is 57.9 Å². The summed E-state index contributed by atoms with van der Waals surface area (Å²) in [5.74, 6) is -0.588. The fourth-order valence-corrected chi connectivity index (χ4v) is 2.39. The molecule has 20 heavy (non-hydrogen) atoms. The highest BCUT2D eigenvalue weighted by molar-refractivity contribution is 9.10. The van der Waals surface area contributed by atoms with E-state index in [1.165, 1.54) is 12.1 Å². The molecule has 3 nitrogen and oxygen atoms in total. The fourth-order valence-electron chi connectivity index (χ4n) is 1.62. The molecule has 1 amide bonds. The van der Waals surface area contributed by atoms with Crippen molar-refractivity contribution in [2.45, 2.75) is 6.54 Å². The summed E-state index contributed by atoms with van der Waals surface area (Å²) in [5, 5.41) is 2.73. The lowest BCUT2D eigenvalue weighted by molar-refractivity contribution is 0.0950. The van der Waals surface area contributed by atoms with E-state index >= 15 is 0 Å². The SMILES string of the molecule is Nc1ccc(C(=O)NCc2cc(F)ccc2Br)cc1Br. The lowest BCUT2D eigenvalue weighted by Gasteiger charge is -2.08. The van der Waals surface area contributed by atoms with Crippen molar-refractivity contribution in [1.29, 1.82) is 0 Å². The summed E-state index contributed by atoms with van der Waals surface area (Å²) in [6.45, 7) is 0.235. The van der Waals surface area contributed by atoms with Gasteiger partial charge in [0.05, 0.1) is 0 Å². The molecule has 2 aromatic carbocycles. The largest absolute Gasteiger partial charge is 0.398 e. The highest BCUT2D eigenvalue weighted by Gasteiger charge is 2.09. The van der Waals surface area contributed by atoms with E-state index in [2.05, 4.69) is 37.2 Å². The van der Waals surface area contributed by atoms with Crippen LogP contribution in [0.1, 0.15) is 15.9 Å². The van der Waals surface area contributed by atoms with Gasteiger partial charge in [-0.25, -0.2) is 4.39 Å². The number of carbonyl (C=O) groups excluding carboxylic acids is 1. The summed E-state index contributed by atoms with van der Waals surface area (Å²) in [4.78, 5) is 12.0. The van der Waals surface area contributed by atoms with Crippen molar-refractivity contribution >= 4 is 43.5 Å². The van der Waals surface area contributed by atoms with Crippen LogP contribution < -0.4 is 11.1 Å². The standard InChI is InChI=1S/C14H11Br2FN2O/c15-11-3-2-10(17)5-9(11)7-19-14(20)8-1-4-13(18)12(16)6-8/h1-6H,7,18H2,(H,19,20). The van der Waals surface area contributed by atoms with Gasteiger partial charge in [0.2, 0.25) is 0 Å². The zero-order valence-corrected chi connectivity index (χ0v) is 13.5. The number of benzene rings is 2. The van der Waals surface area contributed by atoms with Gasteiger partial charge in [0.15, 0.2) is 0 Å². The minimum atomic E-state index is -0.340. The molecule has 2 rings (SSSR count). The zero-order valence-electron chi connectivity index (χ0n) is 10.3. The van der Waals surface area contributed by atoms with Crippen molar-refractivity contribution in [2.24, 2.45) is 0 Å². The van der Waals surface area contributed by atoms with Crippen LogP contribution in [0.3, 0.4) is 0 Å². The molecule has 0 unspecified atom stereocenters. The topological polar surface area (TPSA) is 55.1 Å². The van der Waals surface area contributed by atoms with E-state index in [-0.39, 0.29) is 18.3 Å². The van der Waals surface area contributed by atoms with E-state index in [0.29, 0.717) is 21.3 Å². The average molecular weight is 402 g/mol. The summed E-state index contributed by atoms with van der Waals surface area (Å²) < 4.78 is 14.6. The number of nitrogens with one attached hydrogen (secondary N) is 1. The van der Waals surface area contributed by atoms with Crippen LogP contribution in [-0.2, 0) is 6.54 Å². The Morgan fingerprint density at radius 3 is 2.60 bits per heavy atom. The van der Waals surface area contributed by atoms with Crippen molar-refractivity contribution in [3.63, 3.8) is 0 Å². The van der Waals surface area contributed by atoms with Crippen LogP contribution >= 0.6 is 31.9 Å². The number of carbonyl (C=O) groups is 1. The van der Waals surface area contributed by atoms with Gasteiger partial charge in [-0.15, -0.1) is 0 Å². The quantitative estimate of drug-likeness (QED) is 0.767. The molecule has 0 aliphatic rings. The Kier molecular flexibility index (Phi) is 4.77. The minimum absolute atomic E-state index is 0.235. The first-order chi connectivity index (χ1) is 9.47. The molecule has 0 atom stereocenters. The maximum atomic E-state index is 13.1. The van der Waals surface area contributed by atoms with Gasteiger partial charge in [0.25, 0.3) is 5.91 Å². The Bertz CT molecular complexity index is 662. The molecule has 0 bridgehead atoms. The van der Waals surface area contributed by atoms with Gasteiger partial charge >= 0.3 is 0 Å². The number of nitrogen functional groups attached to an aromatic ring is 1. The molecule has 104 valence electrons. The van der Waals surface area contributed by atoms with Crippen molar-refractivity contribution in [2.75, 3.05) is 5.73 Å². The third-order valence-corrected chi connectivity index (χ3v) is 4.17. The highest BCUT2D eigenvalue weighted by Crippen LogP contribution is 2.21. The number of rotatable bonds is 3. The average Bonchev–Trinajstić information content (AvgIpc) is 2.42. The second-order valence-corrected chi connectivity index (χ2v) is 5.86. The van der Waals surface area contributed by atoms with E-state index < -0.39 is 0 Å². The van der Waals surface area contributed by atoms with Crippen LogP contribution in [0, 0.1) is 5.82 Å². The normalized spacial score (nSPS) is 10.3. The molecule has 0 spiro atoms. The second-order valence-electron chi connectivity index (χ2n) is 4.15. The van der Waals surface area contributed by atoms with E-state index in [4.69, 9.17) is 5.73 Å². The predicted molar refractivity (Wildman–Crippen MR) is 83.8 cm³/mol. The van der Waals surface area contributed by atoms with E-state index in [0.717, 1.165) is 4.47 Å². The molecule has 0 aromatic heterocycles. The van der Waals surface area contributed by atoms with Crippen molar-refractivity contribution in [1.82, 2.24) is 5.32 Å². The molecule has 2 aromatic rings.